The molecular formula is C14H28N2O2. The molecule has 0 aromatic heterocycles. The van der Waals surface area contributed by atoms with E-state index in [1.54, 1.807) is 6.92 Å². The van der Waals surface area contributed by atoms with Crippen molar-refractivity contribution in [3.8, 4) is 0 Å². The van der Waals surface area contributed by atoms with Crippen molar-refractivity contribution in [2.45, 2.75) is 52.6 Å². The number of carbonyl (C=O) groups is 1. The SMILES string of the molecule is CC(C)CC(C)(O)CNC(=O)N1CCCC(C)C1. The molecule has 0 radical (unpaired) electrons. The third-order valence-electron chi connectivity index (χ3n) is 3.41. The molecule has 0 saturated carbocycles. The Balaban J connectivity index is 2.36. The first-order valence-corrected chi connectivity index (χ1v) is 7.05. The van der Waals surface area contributed by atoms with Crippen LogP contribution >= 0.6 is 0 Å². The minimum Gasteiger partial charge on any atom is -0.388 e. The van der Waals surface area contributed by atoms with E-state index in [0.29, 0.717) is 24.8 Å². The van der Waals surface area contributed by atoms with E-state index >= 15 is 0 Å². The van der Waals surface area contributed by atoms with Crippen molar-refractivity contribution in [2.24, 2.45) is 11.8 Å². The molecular weight excluding hydrogens is 228 g/mol. The van der Waals surface area contributed by atoms with Gasteiger partial charge < -0.3 is 15.3 Å². The Bertz CT molecular complexity index is 277. The minimum atomic E-state index is -0.814. The highest BCUT2D eigenvalue weighted by atomic mass is 16.3. The largest absolute Gasteiger partial charge is 0.388 e. The summed E-state index contributed by atoms with van der Waals surface area (Å²) >= 11 is 0. The van der Waals surface area contributed by atoms with E-state index in [4.69, 9.17) is 0 Å². The maximum Gasteiger partial charge on any atom is 0.317 e. The molecule has 1 rings (SSSR count). The molecule has 18 heavy (non-hydrogen) atoms. The molecule has 0 bridgehead atoms. The fraction of sp³-hybridized carbons (Fsp3) is 0.929. The van der Waals surface area contributed by atoms with Gasteiger partial charge >= 0.3 is 6.03 Å². The van der Waals surface area contributed by atoms with Gasteiger partial charge in [0.25, 0.3) is 0 Å². The number of hydrogen-bond donors (Lipinski definition) is 2. The second-order valence-corrected chi connectivity index (χ2v) is 6.45. The molecule has 1 heterocycles. The minimum absolute atomic E-state index is 0.0365. The summed E-state index contributed by atoms with van der Waals surface area (Å²) in [7, 11) is 0. The van der Waals surface area contributed by atoms with Gasteiger partial charge in [0.05, 0.1) is 5.60 Å². The Hall–Kier alpha value is -0.770. The smallest absolute Gasteiger partial charge is 0.317 e. The summed E-state index contributed by atoms with van der Waals surface area (Å²) in [6.07, 6.45) is 2.98. The van der Waals surface area contributed by atoms with E-state index in [9.17, 15) is 9.90 Å². The van der Waals surface area contributed by atoms with Crippen LogP contribution in [0.15, 0.2) is 0 Å². The lowest BCUT2D eigenvalue weighted by atomic mass is 9.94. The summed E-state index contributed by atoms with van der Waals surface area (Å²) in [4.78, 5) is 13.8. The first-order valence-electron chi connectivity index (χ1n) is 7.05. The van der Waals surface area contributed by atoms with Crippen LogP contribution in [0.2, 0.25) is 0 Å². The van der Waals surface area contributed by atoms with Crippen LogP contribution in [0.25, 0.3) is 0 Å². The number of likely N-dealkylation sites (tertiary alicyclic amines) is 1. The van der Waals surface area contributed by atoms with E-state index in [2.05, 4.69) is 26.1 Å². The van der Waals surface area contributed by atoms with E-state index in [1.165, 1.54) is 6.42 Å². The second-order valence-electron chi connectivity index (χ2n) is 6.45. The van der Waals surface area contributed by atoms with Gasteiger partial charge in [-0.2, -0.15) is 0 Å². The van der Waals surface area contributed by atoms with Crippen LogP contribution in [0.5, 0.6) is 0 Å². The number of aliphatic hydroxyl groups is 1. The summed E-state index contributed by atoms with van der Waals surface area (Å²) in [5, 5.41) is 13.0. The van der Waals surface area contributed by atoms with Crippen LogP contribution in [0.1, 0.15) is 47.0 Å². The molecule has 2 unspecified atom stereocenters. The van der Waals surface area contributed by atoms with Gasteiger partial charge in [-0.05, 0) is 38.0 Å². The quantitative estimate of drug-likeness (QED) is 0.810. The van der Waals surface area contributed by atoms with Crippen molar-refractivity contribution in [1.82, 2.24) is 10.2 Å². The number of nitrogens with one attached hydrogen (secondary N) is 1. The monoisotopic (exact) mass is 256 g/mol. The second kappa shape index (κ2) is 6.41. The summed E-state index contributed by atoms with van der Waals surface area (Å²) in [6, 6.07) is -0.0365. The maximum absolute atomic E-state index is 12.0. The van der Waals surface area contributed by atoms with Crippen LogP contribution < -0.4 is 5.32 Å². The first kappa shape index (κ1) is 15.3. The van der Waals surface area contributed by atoms with Crippen LogP contribution in [-0.4, -0.2) is 41.3 Å². The number of rotatable bonds is 4. The van der Waals surface area contributed by atoms with Crippen LogP contribution in [0.3, 0.4) is 0 Å². The third-order valence-corrected chi connectivity index (χ3v) is 3.41. The molecule has 2 N–H and O–H groups in total. The van der Waals surface area contributed by atoms with E-state index < -0.39 is 5.60 Å². The number of amides is 2. The molecule has 1 saturated heterocycles. The average Bonchev–Trinajstić information content (AvgIpc) is 2.24. The lowest BCUT2D eigenvalue weighted by molar-refractivity contribution is 0.0389. The predicted octanol–water partition coefficient (Wildman–Crippen LogP) is 2.22. The molecule has 0 aromatic carbocycles. The number of nitrogens with zero attached hydrogens (tertiary/aromatic N) is 1. The molecule has 2 atom stereocenters. The molecule has 1 fully saturated rings. The summed E-state index contributed by atoms with van der Waals surface area (Å²) < 4.78 is 0. The van der Waals surface area contributed by atoms with Gasteiger partial charge in [0.2, 0.25) is 0 Å². The molecule has 0 spiro atoms. The predicted molar refractivity (Wildman–Crippen MR) is 73.4 cm³/mol. The number of hydrogen-bond acceptors (Lipinski definition) is 2. The zero-order valence-electron chi connectivity index (χ0n) is 12.2. The van der Waals surface area contributed by atoms with Gasteiger partial charge in [-0.15, -0.1) is 0 Å². The van der Waals surface area contributed by atoms with Crippen molar-refractivity contribution in [3.63, 3.8) is 0 Å². The van der Waals surface area contributed by atoms with Crippen LogP contribution in [-0.2, 0) is 0 Å². The molecule has 2 amide bonds. The Kier molecular flexibility index (Phi) is 5.45. The molecule has 1 aliphatic rings. The van der Waals surface area contributed by atoms with Crippen LogP contribution in [0, 0.1) is 11.8 Å². The lowest BCUT2D eigenvalue weighted by Crippen LogP contribution is -2.49. The van der Waals surface area contributed by atoms with E-state index in [0.717, 1.165) is 19.5 Å². The summed E-state index contributed by atoms with van der Waals surface area (Å²) in [6.45, 7) is 10.1. The third kappa shape index (κ3) is 5.25. The highest BCUT2D eigenvalue weighted by molar-refractivity contribution is 5.74. The van der Waals surface area contributed by atoms with Crippen molar-refractivity contribution in [2.75, 3.05) is 19.6 Å². The number of carbonyl (C=O) groups excluding carboxylic acids is 1. The summed E-state index contributed by atoms with van der Waals surface area (Å²) in [5.41, 5.74) is -0.814. The van der Waals surface area contributed by atoms with Gasteiger partial charge in [0, 0.05) is 19.6 Å². The van der Waals surface area contributed by atoms with Crippen LogP contribution in [0.4, 0.5) is 4.79 Å². The highest BCUT2D eigenvalue weighted by Crippen LogP contribution is 2.17. The van der Waals surface area contributed by atoms with E-state index in [-0.39, 0.29) is 6.03 Å². The van der Waals surface area contributed by atoms with Crippen molar-refractivity contribution in [3.05, 3.63) is 0 Å². The zero-order valence-corrected chi connectivity index (χ0v) is 12.2. The fourth-order valence-electron chi connectivity index (χ4n) is 2.70. The zero-order chi connectivity index (χ0) is 13.8. The Morgan fingerprint density at radius 1 is 1.56 bits per heavy atom. The average molecular weight is 256 g/mol. The molecule has 4 nitrogen and oxygen atoms in total. The fourth-order valence-corrected chi connectivity index (χ4v) is 2.70. The normalized spacial score (nSPS) is 23.9. The van der Waals surface area contributed by atoms with Crippen molar-refractivity contribution >= 4 is 6.03 Å². The van der Waals surface area contributed by atoms with Gasteiger partial charge in [-0.3, -0.25) is 0 Å². The molecule has 0 aromatic rings. The van der Waals surface area contributed by atoms with Crippen molar-refractivity contribution in [1.29, 1.82) is 0 Å². The maximum atomic E-state index is 12.0. The van der Waals surface area contributed by atoms with Crippen molar-refractivity contribution < 1.29 is 9.90 Å². The standard InChI is InChI=1S/C14H28N2O2/c1-11(2)8-14(4,18)10-15-13(17)16-7-5-6-12(3)9-16/h11-12,18H,5-10H2,1-4H3,(H,15,17). The lowest BCUT2D eigenvalue weighted by Gasteiger charge is -2.32. The topological polar surface area (TPSA) is 52.6 Å². The Morgan fingerprint density at radius 2 is 2.22 bits per heavy atom. The van der Waals surface area contributed by atoms with Gasteiger partial charge in [0.15, 0.2) is 0 Å². The first-order chi connectivity index (χ1) is 8.30. The Morgan fingerprint density at radius 3 is 2.78 bits per heavy atom. The number of urea groups is 1. The number of piperidine rings is 1. The Labute approximate surface area is 111 Å². The highest BCUT2D eigenvalue weighted by Gasteiger charge is 2.25. The summed E-state index contributed by atoms with van der Waals surface area (Å²) in [5.74, 6) is 1.01. The van der Waals surface area contributed by atoms with Gasteiger partial charge in [-0.1, -0.05) is 20.8 Å². The van der Waals surface area contributed by atoms with Gasteiger partial charge in [-0.25, -0.2) is 4.79 Å². The van der Waals surface area contributed by atoms with E-state index in [1.807, 2.05) is 4.90 Å². The van der Waals surface area contributed by atoms with Gasteiger partial charge in [0.1, 0.15) is 0 Å². The molecule has 106 valence electrons. The molecule has 4 heteroatoms. The molecule has 0 aliphatic carbocycles. The molecule has 1 aliphatic heterocycles.